The minimum Gasteiger partial charge on any atom is -0.480 e. The van der Waals surface area contributed by atoms with Gasteiger partial charge in [0, 0.05) is 37.4 Å². The van der Waals surface area contributed by atoms with Gasteiger partial charge in [0.25, 0.3) is 0 Å². The predicted octanol–water partition coefficient (Wildman–Crippen LogP) is -4.02. The van der Waals surface area contributed by atoms with Crippen LogP contribution < -0.4 is 47.5 Å². The minimum absolute atomic E-state index is 0.0856. The Bertz CT molecular complexity index is 1040. The van der Waals surface area contributed by atoms with Crippen molar-refractivity contribution in [3.63, 3.8) is 0 Å². The van der Waals surface area contributed by atoms with Crippen molar-refractivity contribution in [1.82, 2.24) is 36.0 Å². The summed E-state index contributed by atoms with van der Waals surface area (Å²) in [6, 6.07) is -4.57. The molecule has 0 spiro atoms. The van der Waals surface area contributed by atoms with E-state index in [2.05, 4.69) is 36.0 Å². The fourth-order valence-electron chi connectivity index (χ4n) is 3.58. The lowest BCUT2D eigenvalue weighted by Crippen LogP contribution is -2.49. The van der Waals surface area contributed by atoms with Crippen LogP contribution in [0, 0.1) is 0 Å². The summed E-state index contributed by atoms with van der Waals surface area (Å²) < 4.78 is 6.14. The van der Waals surface area contributed by atoms with Gasteiger partial charge >= 0.3 is 23.9 Å². The van der Waals surface area contributed by atoms with E-state index in [1.165, 1.54) is 11.9 Å². The van der Waals surface area contributed by atoms with Crippen molar-refractivity contribution in [3.05, 3.63) is 0 Å². The number of carbonyl (C=O) groups is 8. The third kappa shape index (κ3) is 25.3. The van der Waals surface area contributed by atoms with Gasteiger partial charge in [-0.05, 0) is 45.2 Å². The fourth-order valence-corrected chi connectivity index (χ4v) is 5.19. The highest BCUT2D eigenvalue weighted by atomic mass is 32.2. The average Bonchev–Trinajstić information content (AvgIpc) is 3.05. The molecule has 4 amide bonds. The molecular formula is C27H49N9O12S2. The Kier molecular flexibility index (Phi) is 25.9. The number of unbranched alkanes of at least 4 members (excludes halogenated alkanes) is 1. The Morgan fingerprint density at radius 2 is 0.940 bits per heavy atom. The third-order valence-corrected chi connectivity index (χ3v) is 8.17. The van der Waals surface area contributed by atoms with Crippen molar-refractivity contribution in [2.75, 3.05) is 50.8 Å². The van der Waals surface area contributed by atoms with E-state index >= 15 is 0 Å². The molecule has 0 aliphatic carbocycles. The molecule has 15 N–H and O–H groups in total. The zero-order valence-corrected chi connectivity index (χ0v) is 29.1. The Labute approximate surface area is 297 Å². The van der Waals surface area contributed by atoms with E-state index in [4.69, 9.17) is 31.9 Å². The van der Waals surface area contributed by atoms with Crippen LogP contribution in [0.1, 0.15) is 44.9 Å². The molecule has 21 nitrogen and oxygen atoms in total. The summed E-state index contributed by atoms with van der Waals surface area (Å²) in [5.41, 5.74) is 10.8. The van der Waals surface area contributed by atoms with E-state index in [9.17, 15) is 38.4 Å². The number of aliphatic carboxylic acids is 4. The number of hydrogen-bond acceptors (Lipinski definition) is 15. The van der Waals surface area contributed by atoms with Gasteiger partial charge in [-0.3, -0.25) is 47.8 Å². The van der Waals surface area contributed by atoms with E-state index in [-0.39, 0.29) is 37.2 Å². The number of hydrogen-bond donors (Lipinski definition) is 13. The van der Waals surface area contributed by atoms with E-state index in [0.717, 1.165) is 37.8 Å². The number of rotatable bonds is 31. The first-order chi connectivity index (χ1) is 23.6. The number of carboxylic acids is 4. The lowest BCUT2D eigenvalue weighted by atomic mass is 10.1. The van der Waals surface area contributed by atoms with Gasteiger partial charge in [-0.1, -0.05) is 23.9 Å². The normalized spacial score (nSPS) is 13.2. The first-order valence-corrected chi connectivity index (χ1v) is 17.6. The van der Waals surface area contributed by atoms with Crippen LogP contribution in [0.3, 0.4) is 0 Å². The zero-order chi connectivity index (χ0) is 37.9. The van der Waals surface area contributed by atoms with E-state index in [1.54, 1.807) is 0 Å². The van der Waals surface area contributed by atoms with Crippen molar-refractivity contribution >= 4 is 71.4 Å². The Morgan fingerprint density at radius 3 is 1.34 bits per heavy atom. The van der Waals surface area contributed by atoms with E-state index < -0.39 is 84.8 Å². The largest absolute Gasteiger partial charge is 0.480 e. The molecule has 0 heterocycles. The highest BCUT2D eigenvalue weighted by molar-refractivity contribution is 7.97. The summed E-state index contributed by atoms with van der Waals surface area (Å²) >= 11 is 2.33. The number of amides is 4. The summed E-state index contributed by atoms with van der Waals surface area (Å²) in [6.07, 6.45) is 1.63. The summed E-state index contributed by atoms with van der Waals surface area (Å²) in [6.45, 7) is 1.29. The maximum atomic E-state index is 12.3. The predicted molar refractivity (Wildman–Crippen MR) is 182 cm³/mol. The molecule has 0 bridgehead atoms. The fraction of sp³-hybridized carbons (Fsp3) is 0.704. The van der Waals surface area contributed by atoms with E-state index in [0.29, 0.717) is 19.6 Å². The van der Waals surface area contributed by atoms with Crippen LogP contribution in [-0.2, 0) is 38.4 Å². The molecule has 286 valence electrons. The maximum absolute atomic E-state index is 12.3. The first-order valence-electron chi connectivity index (χ1n) is 15.6. The van der Waals surface area contributed by atoms with Gasteiger partial charge in [0.15, 0.2) is 0 Å². The lowest BCUT2D eigenvalue weighted by molar-refractivity contribution is -0.140. The molecule has 0 unspecified atom stereocenters. The number of carboxylic acid groups (broad SMARTS) is 4. The minimum atomic E-state index is -1.26. The first kappa shape index (κ1) is 46.3. The van der Waals surface area contributed by atoms with Crippen LogP contribution in [0.25, 0.3) is 0 Å². The summed E-state index contributed by atoms with van der Waals surface area (Å²) in [7, 11) is 0. The average molecular weight is 756 g/mol. The molecule has 4 atom stereocenters. The molecule has 23 heteroatoms. The monoisotopic (exact) mass is 755 g/mol. The summed E-state index contributed by atoms with van der Waals surface area (Å²) in [5, 5.41) is 47.9. The quantitative estimate of drug-likeness (QED) is 0.0237. The lowest BCUT2D eigenvalue weighted by Gasteiger charge is -2.18. The van der Waals surface area contributed by atoms with Crippen LogP contribution in [-0.4, -0.2) is 143 Å². The smallest absolute Gasteiger partial charge is 0.322 e. The molecule has 0 aliphatic rings. The summed E-state index contributed by atoms with van der Waals surface area (Å²) in [5.74, 6) is -7.43. The van der Waals surface area contributed by atoms with Gasteiger partial charge in [-0.25, -0.2) is 0 Å². The molecule has 0 fully saturated rings. The molecule has 50 heavy (non-hydrogen) atoms. The molecule has 0 aromatic carbocycles. The number of nitrogens with two attached hydrogens (primary N) is 2. The van der Waals surface area contributed by atoms with E-state index in [1.807, 2.05) is 0 Å². The molecule has 0 aromatic rings. The van der Waals surface area contributed by atoms with Gasteiger partial charge < -0.3 is 58.5 Å². The van der Waals surface area contributed by atoms with Gasteiger partial charge in [-0.15, -0.1) is 0 Å². The molecular weight excluding hydrogens is 706 g/mol. The van der Waals surface area contributed by atoms with Gasteiger partial charge in [0.1, 0.15) is 37.3 Å². The van der Waals surface area contributed by atoms with Crippen molar-refractivity contribution in [2.45, 2.75) is 69.1 Å². The van der Waals surface area contributed by atoms with Crippen molar-refractivity contribution < 1.29 is 58.8 Å². The van der Waals surface area contributed by atoms with Crippen LogP contribution in [0.4, 0.5) is 0 Å². The maximum Gasteiger partial charge on any atom is 0.322 e. The third-order valence-electron chi connectivity index (χ3n) is 6.35. The van der Waals surface area contributed by atoms with Crippen LogP contribution in [0.5, 0.6) is 0 Å². The second kappa shape index (κ2) is 28.0. The standard InChI is InChI=1S/C27H49N9O12S2/c28-16(26(45)46)4-6-20(37)35-18(24(43)31-12-22(39)40)14-49-33-10-2-1-8-30-9-3-11-34-50-15-19(25(44)32-13-23(41)42)36-21(38)7-5-17(29)27(47)48/h16-19,30,33-34H,1-15,28-29H2,(H,31,43)(H,32,44)(H,35,37)(H,36,38)(H,39,40)(H,41,42)(H,45,46)(H,47,48)/t16-,17-,18+,19+/m0/s1. The molecule has 0 rings (SSSR count). The Balaban J connectivity index is 4.28. The number of carbonyl (C=O) groups excluding carboxylic acids is 4. The van der Waals surface area contributed by atoms with Crippen molar-refractivity contribution in [1.29, 1.82) is 0 Å². The van der Waals surface area contributed by atoms with Crippen LogP contribution in [0.2, 0.25) is 0 Å². The topological polar surface area (TPSA) is 354 Å². The molecule has 0 aromatic heterocycles. The van der Waals surface area contributed by atoms with Crippen LogP contribution in [0.15, 0.2) is 0 Å². The SMILES string of the molecule is N[C@@H](CCC(=O)N[C@H](CSNCCCCNCCCNSC[C@@H](NC(=O)CC[C@H](N)C(=O)O)C(=O)NCC(=O)O)C(=O)NCC(=O)O)C(=O)O. The van der Waals surface area contributed by atoms with Gasteiger partial charge in [0.2, 0.25) is 23.6 Å². The molecule has 0 aliphatic heterocycles. The van der Waals surface area contributed by atoms with Gasteiger partial charge in [0.05, 0.1) is 0 Å². The molecule has 0 saturated carbocycles. The van der Waals surface area contributed by atoms with Crippen molar-refractivity contribution in [3.8, 4) is 0 Å². The summed E-state index contributed by atoms with van der Waals surface area (Å²) in [4.78, 5) is 92.3. The van der Waals surface area contributed by atoms with Crippen LogP contribution >= 0.6 is 23.9 Å². The second-order valence-corrected chi connectivity index (χ2v) is 12.5. The van der Waals surface area contributed by atoms with Crippen molar-refractivity contribution in [2.24, 2.45) is 11.5 Å². The van der Waals surface area contributed by atoms with Gasteiger partial charge in [-0.2, -0.15) is 0 Å². The second-order valence-electron chi connectivity index (χ2n) is 10.7. The molecule has 0 saturated heterocycles. The molecule has 0 radical (unpaired) electrons. The Hall–Kier alpha value is -3.74. The Morgan fingerprint density at radius 1 is 0.560 bits per heavy atom. The highest BCUT2D eigenvalue weighted by Gasteiger charge is 2.24. The zero-order valence-electron chi connectivity index (χ0n) is 27.4. The highest BCUT2D eigenvalue weighted by Crippen LogP contribution is 2.04. The number of nitrogens with one attached hydrogen (secondary N) is 7.